The number of carbonyl (C=O) groups is 2. The maximum atomic E-state index is 12.8. The van der Waals surface area contributed by atoms with Gasteiger partial charge in [0, 0.05) is 13.1 Å². The standard InChI is InChI=1S/C20H22N4O6/c1-12-10-16(22-30-12)28-11-17(25)29-14(3)19(26)21-18-13(2)23(4)24(20(18)27)15-8-6-5-7-9-15/h5-10,14H,11H2,1-4H3,(H,21,26)/t14-/m0/s1. The van der Waals surface area contributed by atoms with Crippen LogP contribution in [-0.2, 0) is 21.4 Å². The third kappa shape index (κ3) is 4.43. The number of hydrogen-bond acceptors (Lipinski definition) is 7. The zero-order chi connectivity index (χ0) is 21.8. The van der Waals surface area contributed by atoms with Crippen molar-refractivity contribution >= 4 is 17.6 Å². The van der Waals surface area contributed by atoms with Gasteiger partial charge >= 0.3 is 5.97 Å². The molecule has 0 fully saturated rings. The van der Waals surface area contributed by atoms with Crippen molar-refractivity contribution in [2.75, 3.05) is 11.9 Å². The summed E-state index contributed by atoms with van der Waals surface area (Å²) in [6.07, 6.45) is -1.13. The first-order chi connectivity index (χ1) is 14.3. The monoisotopic (exact) mass is 414 g/mol. The average Bonchev–Trinajstić information content (AvgIpc) is 3.23. The van der Waals surface area contributed by atoms with Gasteiger partial charge in [0.25, 0.3) is 17.3 Å². The van der Waals surface area contributed by atoms with Gasteiger partial charge in [0.05, 0.1) is 11.4 Å². The van der Waals surface area contributed by atoms with Crippen LogP contribution in [0, 0.1) is 13.8 Å². The minimum atomic E-state index is -1.13. The predicted octanol–water partition coefficient (Wildman–Crippen LogP) is 1.73. The minimum absolute atomic E-state index is 0.114. The van der Waals surface area contributed by atoms with Gasteiger partial charge in [-0.05, 0) is 38.1 Å². The molecule has 1 atom stereocenters. The molecule has 3 rings (SSSR count). The summed E-state index contributed by atoms with van der Waals surface area (Å²) in [4.78, 5) is 37.2. The highest BCUT2D eigenvalue weighted by atomic mass is 16.6. The third-order valence-corrected chi connectivity index (χ3v) is 4.42. The molecule has 10 nitrogen and oxygen atoms in total. The van der Waals surface area contributed by atoms with Gasteiger partial charge < -0.3 is 19.3 Å². The molecule has 2 aromatic heterocycles. The Kier molecular flexibility index (Phi) is 6.05. The molecule has 0 aliphatic carbocycles. The van der Waals surface area contributed by atoms with Crippen molar-refractivity contribution in [3.05, 3.63) is 58.2 Å². The summed E-state index contributed by atoms with van der Waals surface area (Å²) in [5.41, 5.74) is 0.940. The molecule has 0 aliphatic rings. The van der Waals surface area contributed by atoms with Crippen LogP contribution in [0.3, 0.4) is 0 Å². The Morgan fingerprint density at radius 1 is 1.23 bits per heavy atom. The van der Waals surface area contributed by atoms with Crippen molar-refractivity contribution in [3.8, 4) is 11.6 Å². The Bertz CT molecular complexity index is 1110. The van der Waals surface area contributed by atoms with E-state index in [1.165, 1.54) is 17.7 Å². The van der Waals surface area contributed by atoms with E-state index in [1.54, 1.807) is 37.7 Å². The summed E-state index contributed by atoms with van der Waals surface area (Å²) in [6.45, 7) is 4.36. The fraction of sp³-hybridized carbons (Fsp3) is 0.300. The molecule has 0 aliphatic heterocycles. The highest BCUT2D eigenvalue weighted by molar-refractivity contribution is 5.95. The van der Waals surface area contributed by atoms with Crippen molar-refractivity contribution in [2.45, 2.75) is 26.9 Å². The molecule has 0 spiro atoms. The second kappa shape index (κ2) is 8.68. The molecule has 30 heavy (non-hydrogen) atoms. The van der Waals surface area contributed by atoms with E-state index < -0.39 is 30.1 Å². The molecule has 2 heterocycles. The van der Waals surface area contributed by atoms with E-state index in [9.17, 15) is 14.4 Å². The Morgan fingerprint density at radius 2 is 1.93 bits per heavy atom. The van der Waals surface area contributed by atoms with E-state index in [0.29, 0.717) is 17.1 Å². The second-order valence-corrected chi connectivity index (χ2v) is 6.62. The number of esters is 1. The smallest absolute Gasteiger partial charge is 0.345 e. The van der Waals surface area contributed by atoms with Crippen LogP contribution in [-0.4, -0.2) is 39.1 Å². The van der Waals surface area contributed by atoms with E-state index in [2.05, 4.69) is 10.5 Å². The summed E-state index contributed by atoms with van der Waals surface area (Å²) in [5, 5.41) is 6.14. The fourth-order valence-corrected chi connectivity index (χ4v) is 2.77. The molecule has 0 bridgehead atoms. The first-order valence-electron chi connectivity index (χ1n) is 9.18. The van der Waals surface area contributed by atoms with Crippen LogP contribution in [0.4, 0.5) is 5.69 Å². The van der Waals surface area contributed by atoms with Crippen LogP contribution in [0.15, 0.2) is 45.7 Å². The normalized spacial score (nSPS) is 11.7. The number of ether oxygens (including phenoxy) is 2. The van der Waals surface area contributed by atoms with Crippen molar-refractivity contribution in [2.24, 2.45) is 7.05 Å². The summed E-state index contributed by atoms with van der Waals surface area (Å²) in [5.74, 6) is -0.718. The number of rotatable bonds is 7. The Hall–Kier alpha value is -3.82. The molecular weight excluding hydrogens is 392 g/mol. The quantitative estimate of drug-likeness (QED) is 0.585. The largest absolute Gasteiger partial charge is 0.463 e. The molecule has 10 heteroatoms. The number of aromatic nitrogens is 3. The Balaban J connectivity index is 1.65. The molecule has 3 aromatic rings. The van der Waals surface area contributed by atoms with E-state index in [0.717, 1.165) is 0 Å². The van der Waals surface area contributed by atoms with Gasteiger partial charge in [0.2, 0.25) is 0 Å². The topological polar surface area (TPSA) is 118 Å². The van der Waals surface area contributed by atoms with Crippen LogP contribution in [0.25, 0.3) is 5.69 Å². The number of nitrogens with one attached hydrogen (secondary N) is 1. The van der Waals surface area contributed by atoms with Crippen molar-refractivity contribution in [3.63, 3.8) is 0 Å². The van der Waals surface area contributed by atoms with Gasteiger partial charge in [-0.2, -0.15) is 0 Å². The van der Waals surface area contributed by atoms with E-state index >= 15 is 0 Å². The fourth-order valence-electron chi connectivity index (χ4n) is 2.77. The zero-order valence-corrected chi connectivity index (χ0v) is 17.0. The van der Waals surface area contributed by atoms with Crippen molar-refractivity contribution in [1.82, 2.24) is 14.5 Å². The number of amides is 1. The highest BCUT2D eigenvalue weighted by Gasteiger charge is 2.23. The third-order valence-electron chi connectivity index (χ3n) is 4.42. The molecule has 1 N–H and O–H groups in total. The molecular formula is C20H22N4O6. The van der Waals surface area contributed by atoms with Crippen molar-refractivity contribution in [1.29, 1.82) is 0 Å². The lowest BCUT2D eigenvalue weighted by Gasteiger charge is -2.12. The maximum absolute atomic E-state index is 12.8. The molecule has 0 radical (unpaired) electrons. The van der Waals surface area contributed by atoms with Gasteiger partial charge in [-0.1, -0.05) is 18.2 Å². The first-order valence-corrected chi connectivity index (χ1v) is 9.18. The SMILES string of the molecule is Cc1cc(OCC(=O)O[C@@H](C)C(=O)Nc2c(C)n(C)n(-c3ccccc3)c2=O)no1. The lowest BCUT2D eigenvalue weighted by Crippen LogP contribution is -2.33. The zero-order valence-electron chi connectivity index (χ0n) is 17.0. The summed E-state index contributed by atoms with van der Waals surface area (Å²) in [6, 6.07) is 10.6. The number of hydrogen-bond donors (Lipinski definition) is 1. The number of aryl methyl sites for hydroxylation is 1. The van der Waals surface area contributed by atoms with E-state index in [1.807, 2.05) is 18.2 Å². The molecule has 1 aromatic carbocycles. The number of nitrogens with zero attached hydrogens (tertiary/aromatic N) is 3. The molecule has 0 unspecified atom stereocenters. The maximum Gasteiger partial charge on any atom is 0.345 e. The Labute approximate surface area is 172 Å². The first kappa shape index (κ1) is 20.9. The summed E-state index contributed by atoms with van der Waals surface area (Å²) < 4.78 is 18.1. The summed E-state index contributed by atoms with van der Waals surface area (Å²) in [7, 11) is 1.71. The average molecular weight is 414 g/mol. The predicted molar refractivity (Wildman–Crippen MR) is 107 cm³/mol. The highest BCUT2D eigenvalue weighted by Crippen LogP contribution is 2.15. The van der Waals surface area contributed by atoms with Crippen LogP contribution in [0.1, 0.15) is 18.4 Å². The van der Waals surface area contributed by atoms with Gasteiger partial charge in [-0.15, -0.1) is 0 Å². The van der Waals surface area contributed by atoms with Crippen LogP contribution in [0.5, 0.6) is 5.88 Å². The molecule has 0 saturated carbocycles. The molecule has 1 amide bonds. The van der Waals surface area contributed by atoms with Gasteiger partial charge in [0.15, 0.2) is 12.7 Å². The van der Waals surface area contributed by atoms with E-state index in [4.69, 9.17) is 14.0 Å². The van der Waals surface area contributed by atoms with Gasteiger partial charge in [-0.25, -0.2) is 9.48 Å². The second-order valence-electron chi connectivity index (χ2n) is 6.62. The molecule has 158 valence electrons. The number of benzene rings is 1. The van der Waals surface area contributed by atoms with Crippen molar-refractivity contribution < 1.29 is 23.6 Å². The Morgan fingerprint density at radius 3 is 2.57 bits per heavy atom. The number of anilines is 1. The van der Waals surface area contributed by atoms with Crippen LogP contribution < -0.4 is 15.6 Å². The summed E-state index contributed by atoms with van der Waals surface area (Å²) >= 11 is 0. The van der Waals surface area contributed by atoms with E-state index in [-0.39, 0.29) is 11.6 Å². The lowest BCUT2D eigenvalue weighted by atomic mass is 10.3. The number of para-hydroxylation sites is 1. The minimum Gasteiger partial charge on any atom is -0.463 e. The molecule has 0 saturated heterocycles. The van der Waals surface area contributed by atoms with Crippen LogP contribution >= 0.6 is 0 Å². The van der Waals surface area contributed by atoms with Gasteiger partial charge in [0.1, 0.15) is 11.4 Å². The number of carbonyl (C=O) groups excluding carboxylic acids is 2. The van der Waals surface area contributed by atoms with Gasteiger partial charge in [-0.3, -0.25) is 14.3 Å². The lowest BCUT2D eigenvalue weighted by molar-refractivity contribution is -0.155. The van der Waals surface area contributed by atoms with Crippen LogP contribution in [0.2, 0.25) is 0 Å².